The molecule has 0 atom stereocenters. The molecule has 2 aliphatic rings. The lowest BCUT2D eigenvalue weighted by molar-refractivity contribution is -0.121. The van der Waals surface area contributed by atoms with Gasteiger partial charge in [-0.15, -0.1) is 12.4 Å². The minimum Gasteiger partial charge on any atom is -0.325 e. The van der Waals surface area contributed by atoms with Gasteiger partial charge >= 0.3 is 0 Å². The molecule has 32 heavy (non-hydrogen) atoms. The summed E-state index contributed by atoms with van der Waals surface area (Å²) in [5.74, 6) is -0.110. The van der Waals surface area contributed by atoms with E-state index in [1.54, 1.807) is 30.3 Å². The van der Waals surface area contributed by atoms with Gasteiger partial charge in [0.25, 0.3) is 5.91 Å². The second-order valence-corrected chi connectivity index (χ2v) is 9.12. The van der Waals surface area contributed by atoms with Gasteiger partial charge in [0, 0.05) is 23.2 Å². The van der Waals surface area contributed by atoms with Crippen LogP contribution in [-0.4, -0.2) is 40.8 Å². The van der Waals surface area contributed by atoms with Gasteiger partial charge in [-0.05, 0) is 81.9 Å². The molecule has 2 heterocycles. The molecule has 2 fully saturated rings. The van der Waals surface area contributed by atoms with E-state index in [9.17, 15) is 9.59 Å². The number of carbonyl (C=O) groups excluding carboxylic acids is 2. The molecule has 4 rings (SSSR count). The predicted molar refractivity (Wildman–Crippen MR) is 131 cm³/mol. The van der Waals surface area contributed by atoms with Crippen LogP contribution in [0, 0.1) is 5.92 Å². The summed E-state index contributed by atoms with van der Waals surface area (Å²) in [6.07, 6.45) is 7.87. The van der Waals surface area contributed by atoms with E-state index in [2.05, 4.69) is 20.5 Å². The first-order valence-corrected chi connectivity index (χ1v) is 11.5. The number of likely N-dealkylation sites (tertiary alicyclic amines) is 1. The molecule has 6 nitrogen and oxygen atoms in total. The SMILES string of the molecule is Cl.O=C(Nc1ccc(Cl)cn1)c1cc(Cl)ccc1NC(=O)C1CCC(N2CCCC2)CC1. The van der Waals surface area contributed by atoms with Gasteiger partial charge in [0.2, 0.25) is 5.91 Å². The number of aromatic nitrogens is 1. The largest absolute Gasteiger partial charge is 0.325 e. The lowest BCUT2D eigenvalue weighted by atomic mass is 9.84. The molecule has 0 radical (unpaired) electrons. The molecule has 9 heteroatoms. The second kappa shape index (κ2) is 11.3. The number of benzene rings is 1. The zero-order valence-corrected chi connectivity index (χ0v) is 20.0. The molecule has 0 unspecified atom stereocenters. The topological polar surface area (TPSA) is 74.3 Å². The third kappa shape index (κ3) is 6.13. The Bertz CT molecular complexity index is 941. The number of hydrogen-bond donors (Lipinski definition) is 2. The number of nitrogens with one attached hydrogen (secondary N) is 2. The van der Waals surface area contributed by atoms with E-state index in [-0.39, 0.29) is 24.2 Å². The molecule has 172 valence electrons. The van der Waals surface area contributed by atoms with E-state index in [4.69, 9.17) is 23.2 Å². The van der Waals surface area contributed by atoms with Crippen molar-refractivity contribution in [2.45, 2.75) is 44.6 Å². The van der Waals surface area contributed by atoms with Crippen LogP contribution in [0.4, 0.5) is 11.5 Å². The highest BCUT2D eigenvalue weighted by Crippen LogP contribution is 2.31. The summed E-state index contributed by atoms with van der Waals surface area (Å²) in [5.41, 5.74) is 0.742. The maximum atomic E-state index is 12.9. The molecule has 1 saturated carbocycles. The average Bonchev–Trinajstić information content (AvgIpc) is 3.31. The highest BCUT2D eigenvalue weighted by atomic mass is 35.5. The number of carbonyl (C=O) groups is 2. The van der Waals surface area contributed by atoms with Crippen LogP contribution in [0.5, 0.6) is 0 Å². The molecule has 1 saturated heterocycles. The third-order valence-electron chi connectivity index (χ3n) is 6.18. The number of halogens is 3. The summed E-state index contributed by atoms with van der Waals surface area (Å²) >= 11 is 12.0. The van der Waals surface area contributed by atoms with Crippen molar-refractivity contribution in [1.29, 1.82) is 0 Å². The maximum Gasteiger partial charge on any atom is 0.258 e. The summed E-state index contributed by atoms with van der Waals surface area (Å²) in [7, 11) is 0. The molecule has 1 aliphatic carbocycles. The van der Waals surface area contributed by atoms with Gasteiger partial charge in [0.1, 0.15) is 5.82 Å². The summed E-state index contributed by atoms with van der Waals surface area (Å²) in [6, 6.07) is 8.74. The van der Waals surface area contributed by atoms with Crippen molar-refractivity contribution in [3.8, 4) is 0 Å². The monoisotopic (exact) mass is 496 g/mol. The molecule has 2 N–H and O–H groups in total. The Morgan fingerprint density at radius 1 is 0.938 bits per heavy atom. The van der Waals surface area contributed by atoms with Crippen molar-refractivity contribution in [2.24, 2.45) is 5.92 Å². The predicted octanol–water partition coefficient (Wildman–Crippen LogP) is 5.66. The van der Waals surface area contributed by atoms with Gasteiger partial charge < -0.3 is 15.5 Å². The fraction of sp³-hybridized carbons (Fsp3) is 0.435. The Balaban J connectivity index is 0.00000289. The van der Waals surface area contributed by atoms with Gasteiger partial charge in [0.15, 0.2) is 0 Å². The maximum absolute atomic E-state index is 12.9. The lowest BCUT2D eigenvalue weighted by Gasteiger charge is -2.34. The van der Waals surface area contributed by atoms with E-state index in [1.807, 2.05) is 0 Å². The summed E-state index contributed by atoms with van der Waals surface area (Å²) in [6.45, 7) is 2.38. The van der Waals surface area contributed by atoms with E-state index in [1.165, 1.54) is 32.1 Å². The second-order valence-electron chi connectivity index (χ2n) is 8.24. The molecule has 2 amide bonds. The van der Waals surface area contributed by atoms with Crippen molar-refractivity contribution in [3.63, 3.8) is 0 Å². The van der Waals surface area contributed by atoms with Gasteiger partial charge in [-0.25, -0.2) is 4.98 Å². The Hall–Kier alpha value is -1.86. The van der Waals surface area contributed by atoms with Gasteiger partial charge in [-0.2, -0.15) is 0 Å². The lowest BCUT2D eigenvalue weighted by Crippen LogP contribution is -2.38. The molecular formula is C23H27Cl3N4O2. The Morgan fingerprint density at radius 2 is 1.62 bits per heavy atom. The molecule has 1 aromatic carbocycles. The van der Waals surface area contributed by atoms with Crippen LogP contribution in [0.25, 0.3) is 0 Å². The number of anilines is 2. The molecule has 2 aromatic rings. The number of hydrogen-bond acceptors (Lipinski definition) is 4. The molecule has 0 bridgehead atoms. The average molecular weight is 498 g/mol. The number of rotatable bonds is 5. The van der Waals surface area contributed by atoms with E-state index >= 15 is 0 Å². The van der Waals surface area contributed by atoms with E-state index in [0.29, 0.717) is 33.2 Å². The Labute approximate surface area is 204 Å². The van der Waals surface area contributed by atoms with Crippen LogP contribution in [0.3, 0.4) is 0 Å². The van der Waals surface area contributed by atoms with Crippen LogP contribution in [0.15, 0.2) is 36.5 Å². The van der Waals surface area contributed by atoms with Crippen molar-refractivity contribution >= 4 is 58.9 Å². The Kier molecular flexibility index (Phi) is 8.77. The highest BCUT2D eigenvalue weighted by molar-refractivity contribution is 6.31. The molecule has 1 aromatic heterocycles. The zero-order chi connectivity index (χ0) is 21.8. The number of nitrogens with zero attached hydrogens (tertiary/aromatic N) is 2. The van der Waals surface area contributed by atoms with Crippen LogP contribution < -0.4 is 10.6 Å². The zero-order valence-electron chi connectivity index (χ0n) is 17.7. The van der Waals surface area contributed by atoms with Gasteiger partial charge in [0.05, 0.1) is 16.3 Å². The first kappa shape index (κ1) is 24.8. The fourth-order valence-electron chi connectivity index (χ4n) is 4.49. The molecular weight excluding hydrogens is 471 g/mol. The first-order chi connectivity index (χ1) is 15.0. The van der Waals surface area contributed by atoms with Crippen LogP contribution >= 0.6 is 35.6 Å². The summed E-state index contributed by atoms with van der Waals surface area (Å²) < 4.78 is 0. The minimum absolute atomic E-state index is 0. The minimum atomic E-state index is -0.398. The van der Waals surface area contributed by atoms with Crippen molar-refractivity contribution in [1.82, 2.24) is 9.88 Å². The van der Waals surface area contributed by atoms with Crippen LogP contribution in [0.1, 0.15) is 48.9 Å². The van der Waals surface area contributed by atoms with Crippen molar-refractivity contribution in [3.05, 3.63) is 52.1 Å². The van der Waals surface area contributed by atoms with Crippen molar-refractivity contribution in [2.75, 3.05) is 23.7 Å². The van der Waals surface area contributed by atoms with E-state index < -0.39 is 5.91 Å². The molecule has 1 aliphatic heterocycles. The Morgan fingerprint density at radius 3 is 2.28 bits per heavy atom. The standard InChI is InChI=1S/C23H26Cl2N4O2.ClH/c24-16-5-9-20(19(13-16)23(31)28-21-10-6-17(25)14-26-21)27-22(30)15-3-7-18(8-4-15)29-11-1-2-12-29;/h5-6,9-10,13-15,18H,1-4,7-8,11-12H2,(H,27,30)(H,26,28,31);1H. The fourth-order valence-corrected chi connectivity index (χ4v) is 4.78. The number of pyridine rings is 1. The molecule has 0 spiro atoms. The van der Waals surface area contributed by atoms with Gasteiger partial charge in [-0.1, -0.05) is 23.2 Å². The quantitative estimate of drug-likeness (QED) is 0.559. The van der Waals surface area contributed by atoms with E-state index in [0.717, 1.165) is 25.7 Å². The first-order valence-electron chi connectivity index (χ1n) is 10.8. The smallest absolute Gasteiger partial charge is 0.258 e. The van der Waals surface area contributed by atoms with Gasteiger partial charge in [-0.3, -0.25) is 9.59 Å². The van der Waals surface area contributed by atoms with Crippen LogP contribution in [-0.2, 0) is 4.79 Å². The highest BCUT2D eigenvalue weighted by Gasteiger charge is 2.31. The van der Waals surface area contributed by atoms with Crippen LogP contribution in [0.2, 0.25) is 10.0 Å². The number of amides is 2. The normalized spacial score (nSPS) is 20.9. The van der Waals surface area contributed by atoms with Crippen molar-refractivity contribution < 1.29 is 9.59 Å². The third-order valence-corrected chi connectivity index (χ3v) is 6.64. The summed E-state index contributed by atoms with van der Waals surface area (Å²) in [4.78, 5) is 32.4. The summed E-state index contributed by atoms with van der Waals surface area (Å²) in [5, 5.41) is 6.57.